The largest absolute Gasteiger partial charge is 0.456 e. The Bertz CT molecular complexity index is 593. The van der Waals surface area contributed by atoms with E-state index in [1.54, 1.807) is 13.2 Å². The zero-order valence-corrected chi connectivity index (χ0v) is 12.4. The minimum absolute atomic E-state index is 0.0722. The Morgan fingerprint density at radius 2 is 1.95 bits per heavy atom. The molecule has 1 aliphatic rings. The van der Waals surface area contributed by atoms with Crippen LogP contribution in [0.2, 0.25) is 0 Å². The Morgan fingerprint density at radius 3 is 2.60 bits per heavy atom. The summed E-state index contributed by atoms with van der Waals surface area (Å²) in [6.45, 7) is 0. The summed E-state index contributed by atoms with van der Waals surface area (Å²) in [5, 5.41) is 0. The number of carbonyl (C=O) groups excluding carboxylic acids is 1. The highest BCUT2D eigenvalue weighted by Gasteiger charge is 2.30. The summed E-state index contributed by atoms with van der Waals surface area (Å²) in [6, 6.07) is 5.89. The van der Waals surface area contributed by atoms with Gasteiger partial charge in [-0.25, -0.2) is 13.2 Å². The van der Waals surface area contributed by atoms with Gasteiger partial charge in [0.25, 0.3) is 0 Å². The van der Waals surface area contributed by atoms with Crippen LogP contribution in [-0.2, 0) is 19.3 Å². The molecule has 0 spiro atoms. The van der Waals surface area contributed by atoms with Crippen molar-refractivity contribution in [3.63, 3.8) is 0 Å². The SMILES string of the molecule is COC1CCCC1OC(=O)c1cccc(S(C)(=O)=O)c1. The van der Waals surface area contributed by atoms with Gasteiger partial charge in [-0.15, -0.1) is 0 Å². The predicted octanol–water partition coefficient (Wildman–Crippen LogP) is 1.81. The van der Waals surface area contributed by atoms with E-state index in [1.807, 2.05) is 0 Å². The molecule has 0 N–H and O–H groups in total. The second-order valence-electron chi connectivity index (χ2n) is 4.95. The van der Waals surface area contributed by atoms with E-state index in [9.17, 15) is 13.2 Å². The van der Waals surface area contributed by atoms with Gasteiger partial charge in [0.05, 0.1) is 16.6 Å². The topological polar surface area (TPSA) is 69.7 Å². The lowest BCUT2D eigenvalue weighted by atomic mass is 10.2. The fraction of sp³-hybridized carbons (Fsp3) is 0.500. The Hall–Kier alpha value is -1.40. The number of hydrogen-bond donors (Lipinski definition) is 0. The van der Waals surface area contributed by atoms with Gasteiger partial charge in [-0.2, -0.15) is 0 Å². The number of methoxy groups -OCH3 is 1. The van der Waals surface area contributed by atoms with Crippen LogP contribution in [0.25, 0.3) is 0 Å². The molecule has 0 aromatic heterocycles. The molecule has 0 saturated heterocycles. The van der Waals surface area contributed by atoms with Gasteiger partial charge in [0.2, 0.25) is 0 Å². The average molecular weight is 298 g/mol. The fourth-order valence-electron chi connectivity index (χ4n) is 2.36. The van der Waals surface area contributed by atoms with E-state index in [0.29, 0.717) is 0 Å². The van der Waals surface area contributed by atoms with Gasteiger partial charge >= 0.3 is 5.97 Å². The summed E-state index contributed by atoms with van der Waals surface area (Å²) in [6.07, 6.45) is 3.38. The summed E-state index contributed by atoms with van der Waals surface area (Å²) in [7, 11) is -1.74. The van der Waals surface area contributed by atoms with Crippen molar-refractivity contribution in [3.05, 3.63) is 29.8 Å². The van der Waals surface area contributed by atoms with Gasteiger partial charge in [-0.05, 0) is 37.5 Å². The fourth-order valence-corrected chi connectivity index (χ4v) is 3.02. The third-order valence-corrected chi connectivity index (χ3v) is 4.56. The van der Waals surface area contributed by atoms with Crippen LogP contribution >= 0.6 is 0 Å². The Balaban J connectivity index is 2.14. The van der Waals surface area contributed by atoms with Crippen LogP contribution in [0, 0.1) is 0 Å². The first kappa shape index (κ1) is 15.0. The molecular formula is C14H18O5S. The smallest absolute Gasteiger partial charge is 0.338 e. The standard InChI is InChI=1S/C14H18O5S/c1-18-12-7-4-8-13(12)19-14(15)10-5-3-6-11(9-10)20(2,16)17/h3,5-6,9,12-13H,4,7-8H2,1-2H3. The highest BCUT2D eigenvalue weighted by atomic mass is 32.2. The van der Waals surface area contributed by atoms with Crippen LogP contribution in [0.15, 0.2) is 29.2 Å². The second-order valence-corrected chi connectivity index (χ2v) is 6.96. The second kappa shape index (κ2) is 5.93. The van der Waals surface area contributed by atoms with E-state index in [1.165, 1.54) is 18.2 Å². The minimum Gasteiger partial charge on any atom is -0.456 e. The third kappa shape index (κ3) is 3.37. The summed E-state index contributed by atoms with van der Waals surface area (Å²) in [5.41, 5.74) is 0.245. The molecule has 6 heteroatoms. The number of sulfone groups is 1. The van der Waals surface area contributed by atoms with E-state index >= 15 is 0 Å². The maximum atomic E-state index is 12.1. The monoisotopic (exact) mass is 298 g/mol. The van der Waals surface area contributed by atoms with Crippen molar-refractivity contribution < 1.29 is 22.7 Å². The van der Waals surface area contributed by atoms with Crippen molar-refractivity contribution >= 4 is 15.8 Å². The molecule has 1 saturated carbocycles. The van der Waals surface area contributed by atoms with Crippen molar-refractivity contribution in [2.75, 3.05) is 13.4 Å². The van der Waals surface area contributed by atoms with E-state index in [-0.39, 0.29) is 22.7 Å². The number of rotatable bonds is 4. The Labute approximate surface area is 118 Å². The first-order chi connectivity index (χ1) is 9.41. The summed E-state index contributed by atoms with van der Waals surface area (Å²) < 4.78 is 33.6. The third-order valence-electron chi connectivity index (χ3n) is 3.45. The van der Waals surface area contributed by atoms with Crippen molar-refractivity contribution in [1.82, 2.24) is 0 Å². The van der Waals surface area contributed by atoms with Crippen molar-refractivity contribution in [2.45, 2.75) is 36.4 Å². The molecule has 2 unspecified atom stereocenters. The maximum Gasteiger partial charge on any atom is 0.338 e. The molecule has 0 aliphatic heterocycles. The highest BCUT2D eigenvalue weighted by molar-refractivity contribution is 7.90. The van der Waals surface area contributed by atoms with Gasteiger partial charge in [0.15, 0.2) is 9.84 Å². The maximum absolute atomic E-state index is 12.1. The zero-order valence-electron chi connectivity index (χ0n) is 11.5. The van der Waals surface area contributed by atoms with Crippen LogP contribution in [0.1, 0.15) is 29.6 Å². The Morgan fingerprint density at radius 1 is 1.25 bits per heavy atom. The van der Waals surface area contributed by atoms with E-state index < -0.39 is 15.8 Å². The molecule has 1 aromatic carbocycles. The van der Waals surface area contributed by atoms with Gasteiger partial charge in [0, 0.05) is 13.4 Å². The van der Waals surface area contributed by atoms with E-state index in [0.717, 1.165) is 25.5 Å². The van der Waals surface area contributed by atoms with Crippen LogP contribution in [0.5, 0.6) is 0 Å². The molecule has 1 aliphatic carbocycles. The van der Waals surface area contributed by atoms with Crippen molar-refractivity contribution in [1.29, 1.82) is 0 Å². The minimum atomic E-state index is -3.33. The molecular weight excluding hydrogens is 280 g/mol. The molecule has 0 amide bonds. The van der Waals surface area contributed by atoms with Crippen LogP contribution in [0.3, 0.4) is 0 Å². The van der Waals surface area contributed by atoms with Crippen LogP contribution in [-0.4, -0.2) is 40.0 Å². The Kier molecular flexibility index (Phi) is 4.45. The quantitative estimate of drug-likeness (QED) is 0.793. The molecule has 5 nitrogen and oxygen atoms in total. The van der Waals surface area contributed by atoms with Crippen LogP contribution in [0.4, 0.5) is 0 Å². The first-order valence-electron chi connectivity index (χ1n) is 6.45. The number of carbonyl (C=O) groups is 1. The lowest BCUT2D eigenvalue weighted by Crippen LogP contribution is -2.27. The molecule has 110 valence electrons. The van der Waals surface area contributed by atoms with Gasteiger partial charge in [-0.1, -0.05) is 6.07 Å². The summed E-state index contributed by atoms with van der Waals surface area (Å²) >= 11 is 0. The number of ether oxygens (including phenoxy) is 2. The first-order valence-corrected chi connectivity index (χ1v) is 8.35. The molecule has 1 aromatic rings. The molecule has 20 heavy (non-hydrogen) atoms. The lowest BCUT2D eigenvalue weighted by Gasteiger charge is -2.18. The van der Waals surface area contributed by atoms with Crippen LogP contribution < -0.4 is 0 Å². The average Bonchev–Trinajstić information content (AvgIpc) is 2.85. The molecule has 2 atom stereocenters. The lowest BCUT2D eigenvalue weighted by molar-refractivity contribution is -0.0206. The van der Waals surface area contributed by atoms with Gasteiger partial charge in [0.1, 0.15) is 6.10 Å². The zero-order chi connectivity index (χ0) is 14.8. The van der Waals surface area contributed by atoms with Crippen molar-refractivity contribution in [3.8, 4) is 0 Å². The number of benzene rings is 1. The molecule has 0 radical (unpaired) electrons. The highest BCUT2D eigenvalue weighted by Crippen LogP contribution is 2.25. The number of hydrogen-bond acceptors (Lipinski definition) is 5. The number of esters is 1. The van der Waals surface area contributed by atoms with E-state index in [4.69, 9.17) is 9.47 Å². The van der Waals surface area contributed by atoms with E-state index in [2.05, 4.69) is 0 Å². The molecule has 0 heterocycles. The molecule has 1 fully saturated rings. The molecule has 2 rings (SSSR count). The normalized spacial score (nSPS) is 22.7. The summed E-state index contributed by atoms with van der Waals surface area (Å²) in [5.74, 6) is -0.510. The summed E-state index contributed by atoms with van der Waals surface area (Å²) in [4.78, 5) is 12.2. The van der Waals surface area contributed by atoms with Gasteiger partial charge in [-0.3, -0.25) is 0 Å². The van der Waals surface area contributed by atoms with Crippen molar-refractivity contribution in [2.24, 2.45) is 0 Å². The van der Waals surface area contributed by atoms with Gasteiger partial charge < -0.3 is 9.47 Å². The molecule has 0 bridgehead atoms. The predicted molar refractivity (Wildman–Crippen MR) is 73.4 cm³/mol.